The van der Waals surface area contributed by atoms with Gasteiger partial charge in [0.25, 0.3) is 0 Å². The number of amides is 2. The van der Waals surface area contributed by atoms with E-state index in [9.17, 15) is 19.5 Å². The Balaban J connectivity index is 1.62. The summed E-state index contributed by atoms with van der Waals surface area (Å²) in [5, 5.41) is 12.3. The number of carboxylic acids is 1. The predicted octanol–water partition coefficient (Wildman–Crippen LogP) is 2.47. The summed E-state index contributed by atoms with van der Waals surface area (Å²) < 4.78 is 0. The van der Waals surface area contributed by atoms with Crippen molar-refractivity contribution in [3.05, 3.63) is 35.4 Å². The number of aryl methyl sites for hydroxylation is 1. The van der Waals surface area contributed by atoms with Crippen molar-refractivity contribution in [3.8, 4) is 0 Å². The van der Waals surface area contributed by atoms with Crippen LogP contribution in [0.2, 0.25) is 0 Å². The zero-order valence-electron chi connectivity index (χ0n) is 15.7. The van der Waals surface area contributed by atoms with E-state index >= 15 is 0 Å². The van der Waals surface area contributed by atoms with Crippen LogP contribution in [0.4, 0.5) is 0 Å². The molecule has 6 nitrogen and oxygen atoms in total. The predicted molar refractivity (Wildman–Crippen MR) is 101 cm³/mol. The van der Waals surface area contributed by atoms with Crippen LogP contribution in [0, 0.1) is 0 Å². The topological polar surface area (TPSA) is 86.7 Å². The maximum absolute atomic E-state index is 12.4. The third-order valence-corrected chi connectivity index (χ3v) is 5.65. The number of rotatable bonds is 6. The molecule has 146 valence electrons. The summed E-state index contributed by atoms with van der Waals surface area (Å²) in [5.41, 5.74) is 2.48. The molecule has 1 aromatic carbocycles. The first-order valence-corrected chi connectivity index (χ1v) is 9.92. The van der Waals surface area contributed by atoms with Crippen LogP contribution < -0.4 is 5.32 Å². The van der Waals surface area contributed by atoms with Crippen LogP contribution in [0.25, 0.3) is 0 Å². The summed E-state index contributed by atoms with van der Waals surface area (Å²) in [6.07, 6.45) is 6.57. The van der Waals surface area contributed by atoms with E-state index in [0.717, 1.165) is 38.5 Å². The van der Waals surface area contributed by atoms with Crippen LogP contribution in [0.1, 0.15) is 62.0 Å². The SMILES string of the molecule is O=C(CN1CCCCCC1=O)NC(CC1CCCc2ccccc21)C(=O)O. The highest BCUT2D eigenvalue weighted by Gasteiger charge is 2.29. The van der Waals surface area contributed by atoms with Gasteiger partial charge in [-0.2, -0.15) is 0 Å². The molecular weight excluding hydrogens is 344 g/mol. The summed E-state index contributed by atoms with van der Waals surface area (Å²) in [6.45, 7) is 0.518. The van der Waals surface area contributed by atoms with E-state index in [1.54, 1.807) is 4.90 Å². The smallest absolute Gasteiger partial charge is 0.326 e. The molecule has 1 saturated heterocycles. The van der Waals surface area contributed by atoms with Gasteiger partial charge in [0.05, 0.1) is 6.54 Å². The number of benzene rings is 1. The Labute approximate surface area is 159 Å². The second-order valence-electron chi connectivity index (χ2n) is 7.61. The van der Waals surface area contributed by atoms with Crippen molar-refractivity contribution in [1.82, 2.24) is 10.2 Å². The van der Waals surface area contributed by atoms with Gasteiger partial charge in [0.15, 0.2) is 0 Å². The molecule has 0 spiro atoms. The number of carbonyl (C=O) groups is 3. The maximum atomic E-state index is 12.4. The highest BCUT2D eigenvalue weighted by molar-refractivity contribution is 5.88. The van der Waals surface area contributed by atoms with Gasteiger partial charge in [-0.25, -0.2) is 4.79 Å². The van der Waals surface area contributed by atoms with Gasteiger partial charge in [0, 0.05) is 13.0 Å². The Kier molecular flexibility index (Phi) is 6.48. The molecule has 1 aromatic rings. The highest BCUT2D eigenvalue weighted by Crippen LogP contribution is 2.34. The summed E-state index contributed by atoms with van der Waals surface area (Å²) in [5.74, 6) is -1.29. The van der Waals surface area contributed by atoms with Crippen molar-refractivity contribution in [1.29, 1.82) is 0 Å². The molecule has 1 aliphatic carbocycles. The fraction of sp³-hybridized carbons (Fsp3) is 0.571. The summed E-state index contributed by atoms with van der Waals surface area (Å²) in [6, 6.07) is 7.22. The van der Waals surface area contributed by atoms with Crippen LogP contribution in [0.3, 0.4) is 0 Å². The lowest BCUT2D eigenvalue weighted by atomic mass is 9.79. The molecule has 1 fully saturated rings. The number of fused-ring (bicyclic) bond motifs is 1. The average molecular weight is 372 g/mol. The lowest BCUT2D eigenvalue weighted by Gasteiger charge is -2.28. The standard InChI is InChI=1S/C21H28N2O4/c24-19(14-23-12-5-1-2-11-20(23)25)22-18(21(26)27)13-16-9-6-8-15-7-3-4-10-17(15)16/h3-4,7,10,16,18H,1-2,5-6,8-9,11-14H2,(H,22,24)(H,26,27). The van der Waals surface area contributed by atoms with Crippen LogP contribution in [0.5, 0.6) is 0 Å². The second kappa shape index (κ2) is 9.02. The number of hydrogen-bond donors (Lipinski definition) is 2. The molecule has 0 bridgehead atoms. The molecule has 6 heteroatoms. The van der Waals surface area contributed by atoms with Gasteiger partial charge in [0.2, 0.25) is 11.8 Å². The Bertz CT molecular complexity index is 703. The molecule has 2 unspecified atom stereocenters. The van der Waals surface area contributed by atoms with Gasteiger partial charge in [-0.05, 0) is 55.6 Å². The zero-order chi connectivity index (χ0) is 19.2. The molecule has 1 heterocycles. The van der Waals surface area contributed by atoms with E-state index in [2.05, 4.69) is 17.4 Å². The van der Waals surface area contributed by atoms with Gasteiger partial charge in [-0.1, -0.05) is 30.7 Å². The van der Waals surface area contributed by atoms with Gasteiger partial charge in [-0.15, -0.1) is 0 Å². The van der Waals surface area contributed by atoms with Crippen LogP contribution >= 0.6 is 0 Å². The zero-order valence-corrected chi connectivity index (χ0v) is 15.7. The Hall–Kier alpha value is -2.37. The van der Waals surface area contributed by atoms with Crippen molar-refractivity contribution in [2.75, 3.05) is 13.1 Å². The highest BCUT2D eigenvalue weighted by atomic mass is 16.4. The Morgan fingerprint density at radius 2 is 1.96 bits per heavy atom. The van der Waals surface area contributed by atoms with Crippen molar-refractivity contribution in [2.45, 2.75) is 63.3 Å². The molecule has 0 radical (unpaired) electrons. The minimum Gasteiger partial charge on any atom is -0.480 e. The molecule has 0 saturated carbocycles. The van der Waals surface area contributed by atoms with Crippen LogP contribution in [0.15, 0.2) is 24.3 Å². The number of hydrogen-bond acceptors (Lipinski definition) is 3. The first kappa shape index (κ1) is 19.4. The molecule has 2 amide bonds. The molecule has 0 aromatic heterocycles. The van der Waals surface area contributed by atoms with Gasteiger partial charge in [-0.3, -0.25) is 9.59 Å². The molecule has 2 aliphatic rings. The number of carbonyl (C=O) groups excluding carboxylic acids is 2. The Morgan fingerprint density at radius 1 is 1.15 bits per heavy atom. The first-order chi connectivity index (χ1) is 13.0. The minimum atomic E-state index is -1.02. The van der Waals surface area contributed by atoms with E-state index in [4.69, 9.17) is 0 Å². The van der Waals surface area contributed by atoms with Crippen LogP contribution in [-0.2, 0) is 20.8 Å². The lowest BCUT2D eigenvalue weighted by Crippen LogP contribution is -2.47. The normalized spacial score (nSPS) is 21.1. The number of likely N-dealkylation sites (tertiary alicyclic amines) is 1. The van der Waals surface area contributed by atoms with Gasteiger partial charge >= 0.3 is 5.97 Å². The van der Waals surface area contributed by atoms with Gasteiger partial charge in [0.1, 0.15) is 6.04 Å². The third-order valence-electron chi connectivity index (χ3n) is 5.65. The third kappa shape index (κ3) is 5.08. The molecule has 27 heavy (non-hydrogen) atoms. The van der Waals surface area contributed by atoms with Gasteiger partial charge < -0.3 is 15.3 Å². The largest absolute Gasteiger partial charge is 0.480 e. The van der Waals surface area contributed by atoms with E-state index in [1.165, 1.54) is 11.1 Å². The lowest BCUT2D eigenvalue weighted by molar-refractivity contribution is -0.143. The average Bonchev–Trinajstić information content (AvgIpc) is 2.86. The van der Waals surface area contributed by atoms with E-state index in [1.807, 2.05) is 12.1 Å². The van der Waals surface area contributed by atoms with Crippen molar-refractivity contribution in [2.24, 2.45) is 0 Å². The van der Waals surface area contributed by atoms with E-state index < -0.39 is 12.0 Å². The molecular formula is C21H28N2O4. The van der Waals surface area contributed by atoms with Crippen molar-refractivity contribution in [3.63, 3.8) is 0 Å². The van der Waals surface area contributed by atoms with Crippen molar-refractivity contribution < 1.29 is 19.5 Å². The first-order valence-electron chi connectivity index (χ1n) is 9.92. The summed E-state index contributed by atoms with van der Waals surface area (Å²) in [7, 11) is 0. The molecule has 2 N–H and O–H groups in total. The number of carboxylic acid groups (broad SMARTS) is 1. The summed E-state index contributed by atoms with van der Waals surface area (Å²) >= 11 is 0. The quantitative estimate of drug-likeness (QED) is 0.803. The fourth-order valence-corrected chi connectivity index (χ4v) is 4.22. The second-order valence-corrected chi connectivity index (χ2v) is 7.61. The maximum Gasteiger partial charge on any atom is 0.326 e. The fourth-order valence-electron chi connectivity index (χ4n) is 4.22. The molecule has 2 atom stereocenters. The number of nitrogens with zero attached hydrogens (tertiary/aromatic N) is 1. The van der Waals surface area contributed by atoms with E-state index in [0.29, 0.717) is 19.4 Å². The molecule has 1 aliphatic heterocycles. The summed E-state index contributed by atoms with van der Waals surface area (Å²) in [4.78, 5) is 37.7. The molecule has 3 rings (SSSR count). The Morgan fingerprint density at radius 3 is 2.78 bits per heavy atom. The van der Waals surface area contributed by atoms with E-state index in [-0.39, 0.29) is 24.3 Å². The van der Waals surface area contributed by atoms with Crippen molar-refractivity contribution >= 4 is 17.8 Å². The van der Waals surface area contributed by atoms with Crippen LogP contribution in [-0.4, -0.2) is 46.9 Å². The number of nitrogens with one attached hydrogen (secondary N) is 1. The monoisotopic (exact) mass is 372 g/mol. The minimum absolute atomic E-state index is 0.0178. The number of aliphatic carboxylic acids is 1.